The molecule has 1 unspecified atom stereocenters. The van der Waals surface area contributed by atoms with Gasteiger partial charge in [-0.25, -0.2) is 0 Å². The van der Waals surface area contributed by atoms with Gasteiger partial charge in [-0.2, -0.15) is 0 Å². The Morgan fingerprint density at radius 2 is 1.93 bits per heavy atom. The van der Waals surface area contributed by atoms with Gasteiger partial charge in [0.1, 0.15) is 11.9 Å². The van der Waals surface area contributed by atoms with E-state index in [1.54, 1.807) is 7.11 Å². The highest BCUT2D eigenvalue weighted by molar-refractivity contribution is 7.80. The van der Waals surface area contributed by atoms with E-state index in [0.29, 0.717) is 6.61 Å². The summed E-state index contributed by atoms with van der Waals surface area (Å²) >= 11 is 4.21. The van der Waals surface area contributed by atoms with Crippen molar-refractivity contribution in [3.63, 3.8) is 0 Å². The predicted molar refractivity (Wildman–Crippen MR) is 60.3 cm³/mol. The summed E-state index contributed by atoms with van der Waals surface area (Å²) in [7, 11) is 1.68. The first kappa shape index (κ1) is 11.4. The highest BCUT2D eigenvalue weighted by atomic mass is 32.1. The van der Waals surface area contributed by atoms with Crippen LogP contribution < -0.4 is 4.74 Å². The fraction of sp³-hybridized carbons (Fsp3) is 0.455. The number of hydrogen-bond acceptors (Lipinski definition) is 3. The zero-order valence-corrected chi connectivity index (χ0v) is 9.46. The first-order chi connectivity index (χ1) is 6.76. The van der Waals surface area contributed by atoms with Gasteiger partial charge in [0, 0.05) is 12.0 Å². The summed E-state index contributed by atoms with van der Waals surface area (Å²) in [5.74, 6) is 0.867. The summed E-state index contributed by atoms with van der Waals surface area (Å²) in [5.41, 5.74) is 0. The smallest absolute Gasteiger partial charge is 0.122 e. The Morgan fingerprint density at radius 3 is 2.43 bits per heavy atom. The molecule has 0 aliphatic carbocycles. The largest absolute Gasteiger partial charge is 0.488 e. The molecule has 14 heavy (non-hydrogen) atoms. The number of thiol groups is 1. The molecule has 1 rings (SSSR count). The summed E-state index contributed by atoms with van der Waals surface area (Å²) in [5, 5.41) is 0. The van der Waals surface area contributed by atoms with Gasteiger partial charge in [0.2, 0.25) is 0 Å². The van der Waals surface area contributed by atoms with Gasteiger partial charge < -0.3 is 9.47 Å². The van der Waals surface area contributed by atoms with Gasteiger partial charge in [-0.15, -0.1) is 12.6 Å². The molecule has 1 aromatic rings. The summed E-state index contributed by atoms with van der Waals surface area (Å²) in [6, 6.07) is 7.66. The topological polar surface area (TPSA) is 18.5 Å². The van der Waals surface area contributed by atoms with Gasteiger partial charge in [-0.1, -0.05) is 6.92 Å². The van der Waals surface area contributed by atoms with Crippen molar-refractivity contribution in [3.05, 3.63) is 24.3 Å². The third kappa shape index (κ3) is 3.60. The van der Waals surface area contributed by atoms with Crippen molar-refractivity contribution in [2.24, 2.45) is 0 Å². The molecule has 0 aliphatic rings. The zero-order valence-electron chi connectivity index (χ0n) is 8.56. The lowest BCUT2D eigenvalue weighted by Gasteiger charge is -2.16. The number of benzene rings is 1. The van der Waals surface area contributed by atoms with Crippen LogP contribution in [0.15, 0.2) is 29.2 Å². The molecule has 0 spiro atoms. The Kier molecular flexibility index (Phi) is 4.84. The number of methoxy groups -OCH3 is 1. The second kappa shape index (κ2) is 5.94. The summed E-state index contributed by atoms with van der Waals surface area (Å²) in [4.78, 5) is 0.942. The highest BCUT2D eigenvalue weighted by Gasteiger charge is 2.06. The normalized spacial score (nSPS) is 12.5. The van der Waals surface area contributed by atoms with Crippen LogP contribution in [0.2, 0.25) is 0 Å². The molecule has 0 amide bonds. The second-order valence-electron chi connectivity index (χ2n) is 3.10. The molecule has 0 saturated heterocycles. The van der Waals surface area contributed by atoms with E-state index in [2.05, 4.69) is 19.6 Å². The Hall–Kier alpha value is -0.670. The average molecular weight is 212 g/mol. The predicted octanol–water partition coefficient (Wildman–Crippen LogP) is 2.78. The van der Waals surface area contributed by atoms with Crippen LogP contribution in [-0.2, 0) is 4.74 Å². The molecule has 0 saturated carbocycles. The first-order valence-electron chi connectivity index (χ1n) is 4.71. The van der Waals surface area contributed by atoms with Crippen molar-refractivity contribution in [2.75, 3.05) is 13.7 Å². The van der Waals surface area contributed by atoms with Crippen LogP contribution in [0.25, 0.3) is 0 Å². The summed E-state index contributed by atoms with van der Waals surface area (Å²) < 4.78 is 10.8. The SMILES string of the molecule is CCC(COC)Oc1ccc(S)cc1. The van der Waals surface area contributed by atoms with Crippen molar-refractivity contribution in [3.8, 4) is 5.75 Å². The van der Waals surface area contributed by atoms with Crippen molar-refractivity contribution in [1.82, 2.24) is 0 Å². The lowest BCUT2D eigenvalue weighted by molar-refractivity contribution is 0.0787. The average Bonchev–Trinajstić information content (AvgIpc) is 2.20. The van der Waals surface area contributed by atoms with Crippen LogP contribution in [-0.4, -0.2) is 19.8 Å². The molecule has 78 valence electrons. The van der Waals surface area contributed by atoms with E-state index in [1.165, 1.54) is 0 Å². The molecule has 3 heteroatoms. The Bertz CT molecular complexity index is 258. The molecule has 0 N–H and O–H groups in total. The fourth-order valence-electron chi connectivity index (χ4n) is 1.14. The van der Waals surface area contributed by atoms with E-state index in [0.717, 1.165) is 17.1 Å². The molecule has 0 bridgehead atoms. The summed E-state index contributed by atoms with van der Waals surface area (Å²) in [6.45, 7) is 2.70. The van der Waals surface area contributed by atoms with E-state index < -0.39 is 0 Å². The standard InChI is InChI=1S/C11H16O2S/c1-3-9(8-12-2)13-10-4-6-11(14)7-5-10/h4-7,9,14H,3,8H2,1-2H3. The van der Waals surface area contributed by atoms with Crippen LogP contribution in [0.1, 0.15) is 13.3 Å². The quantitative estimate of drug-likeness (QED) is 0.757. The third-order valence-electron chi connectivity index (χ3n) is 1.95. The number of ether oxygens (including phenoxy) is 2. The van der Waals surface area contributed by atoms with Crippen LogP contribution in [0.4, 0.5) is 0 Å². The van der Waals surface area contributed by atoms with Gasteiger partial charge >= 0.3 is 0 Å². The van der Waals surface area contributed by atoms with Crippen molar-refractivity contribution in [2.45, 2.75) is 24.3 Å². The van der Waals surface area contributed by atoms with Crippen molar-refractivity contribution < 1.29 is 9.47 Å². The molecule has 2 nitrogen and oxygen atoms in total. The summed E-state index contributed by atoms with van der Waals surface area (Å²) in [6.07, 6.45) is 1.07. The maximum absolute atomic E-state index is 5.70. The van der Waals surface area contributed by atoms with Crippen LogP contribution in [0, 0.1) is 0 Å². The fourth-order valence-corrected chi connectivity index (χ4v) is 1.29. The maximum atomic E-state index is 5.70. The second-order valence-corrected chi connectivity index (χ2v) is 3.61. The first-order valence-corrected chi connectivity index (χ1v) is 5.15. The van der Waals surface area contributed by atoms with E-state index in [-0.39, 0.29) is 6.10 Å². The van der Waals surface area contributed by atoms with E-state index in [9.17, 15) is 0 Å². The molecular formula is C11H16O2S. The third-order valence-corrected chi connectivity index (χ3v) is 2.25. The van der Waals surface area contributed by atoms with Crippen LogP contribution >= 0.6 is 12.6 Å². The monoisotopic (exact) mass is 212 g/mol. The minimum Gasteiger partial charge on any atom is -0.488 e. The zero-order chi connectivity index (χ0) is 10.4. The van der Waals surface area contributed by atoms with Gasteiger partial charge in [0.15, 0.2) is 0 Å². The van der Waals surface area contributed by atoms with E-state index in [1.807, 2.05) is 24.3 Å². The number of hydrogen-bond donors (Lipinski definition) is 1. The Morgan fingerprint density at radius 1 is 1.29 bits per heavy atom. The Balaban J connectivity index is 2.53. The number of rotatable bonds is 5. The van der Waals surface area contributed by atoms with E-state index >= 15 is 0 Å². The lowest BCUT2D eigenvalue weighted by atomic mass is 10.3. The maximum Gasteiger partial charge on any atom is 0.122 e. The van der Waals surface area contributed by atoms with Crippen LogP contribution in [0.5, 0.6) is 5.75 Å². The molecule has 0 aliphatic heterocycles. The van der Waals surface area contributed by atoms with Crippen LogP contribution in [0.3, 0.4) is 0 Å². The molecule has 0 aromatic heterocycles. The molecule has 0 radical (unpaired) electrons. The molecular weight excluding hydrogens is 196 g/mol. The molecule has 0 fully saturated rings. The molecule has 1 atom stereocenters. The minimum absolute atomic E-state index is 0.130. The van der Waals surface area contributed by atoms with E-state index in [4.69, 9.17) is 9.47 Å². The Labute approximate surface area is 90.6 Å². The lowest BCUT2D eigenvalue weighted by Crippen LogP contribution is -2.21. The van der Waals surface area contributed by atoms with Gasteiger partial charge in [-0.3, -0.25) is 0 Å². The van der Waals surface area contributed by atoms with Gasteiger partial charge in [0.05, 0.1) is 6.61 Å². The highest BCUT2D eigenvalue weighted by Crippen LogP contribution is 2.16. The van der Waals surface area contributed by atoms with Gasteiger partial charge in [0.25, 0.3) is 0 Å². The minimum atomic E-state index is 0.130. The van der Waals surface area contributed by atoms with Crippen molar-refractivity contribution >= 4 is 12.6 Å². The molecule has 1 aromatic carbocycles. The van der Waals surface area contributed by atoms with Gasteiger partial charge in [-0.05, 0) is 30.7 Å². The van der Waals surface area contributed by atoms with Crippen molar-refractivity contribution in [1.29, 1.82) is 0 Å². The molecule has 0 heterocycles.